The van der Waals surface area contributed by atoms with E-state index in [2.05, 4.69) is 18.9 Å². The number of thiocarbonyl (C=S) groups is 1. The van der Waals surface area contributed by atoms with Crippen LogP contribution in [0.3, 0.4) is 0 Å². The van der Waals surface area contributed by atoms with Crippen molar-refractivity contribution >= 4 is 17.2 Å². The third kappa shape index (κ3) is 3.08. The van der Waals surface area contributed by atoms with Crippen molar-refractivity contribution in [2.24, 2.45) is 24.6 Å². The van der Waals surface area contributed by atoms with Crippen molar-refractivity contribution in [3.05, 3.63) is 11.3 Å². The van der Waals surface area contributed by atoms with Crippen molar-refractivity contribution in [3.8, 4) is 5.88 Å². The van der Waals surface area contributed by atoms with Crippen LogP contribution >= 0.6 is 12.2 Å². The van der Waals surface area contributed by atoms with Gasteiger partial charge in [-0.05, 0) is 38.0 Å². The summed E-state index contributed by atoms with van der Waals surface area (Å²) in [4.78, 5) is 0.359. The minimum atomic E-state index is 0.238. The Morgan fingerprint density at radius 1 is 1.32 bits per heavy atom. The summed E-state index contributed by atoms with van der Waals surface area (Å²) in [5.41, 5.74) is 7.40. The van der Waals surface area contributed by atoms with Crippen LogP contribution in [0.5, 0.6) is 5.88 Å². The van der Waals surface area contributed by atoms with E-state index in [0.717, 1.165) is 30.0 Å². The Morgan fingerprint density at radius 3 is 2.42 bits per heavy atom. The SMILES string of the molecule is Cc1nn(C)c(OC2CC(C)CC(C)C2)c1C(N)=S. The molecular formula is C14H23N3OS. The second kappa shape index (κ2) is 5.49. The molecule has 1 heterocycles. The van der Waals surface area contributed by atoms with Gasteiger partial charge in [0.1, 0.15) is 11.1 Å². The van der Waals surface area contributed by atoms with Gasteiger partial charge in [-0.25, -0.2) is 4.68 Å². The van der Waals surface area contributed by atoms with Crippen molar-refractivity contribution < 1.29 is 4.74 Å². The Hall–Kier alpha value is -1.10. The zero-order valence-electron chi connectivity index (χ0n) is 12.1. The van der Waals surface area contributed by atoms with Gasteiger partial charge in [0.2, 0.25) is 5.88 Å². The van der Waals surface area contributed by atoms with Crippen molar-refractivity contribution in [1.82, 2.24) is 9.78 Å². The van der Waals surface area contributed by atoms with Gasteiger partial charge in [-0.1, -0.05) is 26.1 Å². The summed E-state index contributed by atoms with van der Waals surface area (Å²) in [5.74, 6) is 2.13. The summed E-state index contributed by atoms with van der Waals surface area (Å²) in [6, 6.07) is 0. The fraction of sp³-hybridized carbons (Fsp3) is 0.714. The molecule has 19 heavy (non-hydrogen) atoms. The summed E-state index contributed by atoms with van der Waals surface area (Å²) < 4.78 is 7.92. The molecule has 2 N–H and O–H groups in total. The number of nitrogens with two attached hydrogens (primary N) is 1. The van der Waals surface area contributed by atoms with Crippen LogP contribution in [0.2, 0.25) is 0 Å². The third-order valence-corrected chi connectivity index (χ3v) is 4.03. The average Bonchev–Trinajstić information content (AvgIpc) is 2.52. The number of hydrogen-bond acceptors (Lipinski definition) is 3. The molecule has 1 aliphatic rings. The lowest BCUT2D eigenvalue weighted by atomic mass is 9.82. The van der Waals surface area contributed by atoms with Crippen molar-refractivity contribution in [2.75, 3.05) is 0 Å². The minimum absolute atomic E-state index is 0.238. The molecule has 1 saturated carbocycles. The van der Waals surface area contributed by atoms with Crippen LogP contribution in [0.15, 0.2) is 0 Å². The molecule has 1 aromatic rings. The molecule has 0 aliphatic heterocycles. The molecule has 2 unspecified atom stereocenters. The lowest BCUT2D eigenvalue weighted by molar-refractivity contribution is 0.0924. The zero-order chi connectivity index (χ0) is 14.2. The Balaban J connectivity index is 2.21. The lowest BCUT2D eigenvalue weighted by Crippen LogP contribution is -2.29. The molecule has 1 aromatic heterocycles. The highest BCUT2D eigenvalue weighted by Gasteiger charge is 2.28. The molecule has 106 valence electrons. The maximum absolute atomic E-state index is 6.17. The third-order valence-electron chi connectivity index (χ3n) is 3.83. The summed E-state index contributed by atoms with van der Waals surface area (Å²) in [6.07, 6.45) is 3.70. The van der Waals surface area contributed by atoms with Crippen LogP contribution in [-0.4, -0.2) is 20.9 Å². The van der Waals surface area contributed by atoms with Gasteiger partial charge in [-0.2, -0.15) is 5.10 Å². The summed E-state index contributed by atoms with van der Waals surface area (Å²) in [6.45, 7) is 6.48. The first-order valence-corrected chi connectivity index (χ1v) is 7.29. The van der Waals surface area contributed by atoms with Gasteiger partial charge in [0.25, 0.3) is 0 Å². The molecule has 2 rings (SSSR count). The van der Waals surface area contributed by atoms with Crippen LogP contribution in [0.1, 0.15) is 44.4 Å². The van der Waals surface area contributed by atoms with Gasteiger partial charge in [-0.3, -0.25) is 0 Å². The van der Waals surface area contributed by atoms with Crippen LogP contribution in [-0.2, 0) is 7.05 Å². The van der Waals surface area contributed by atoms with E-state index in [4.69, 9.17) is 22.7 Å². The van der Waals surface area contributed by atoms with E-state index < -0.39 is 0 Å². The average molecular weight is 281 g/mol. The Morgan fingerprint density at radius 2 is 1.89 bits per heavy atom. The van der Waals surface area contributed by atoms with Crippen LogP contribution < -0.4 is 10.5 Å². The topological polar surface area (TPSA) is 53.1 Å². The van der Waals surface area contributed by atoms with E-state index in [0.29, 0.717) is 16.8 Å². The molecule has 0 aromatic carbocycles. The van der Waals surface area contributed by atoms with Crippen LogP contribution in [0, 0.1) is 18.8 Å². The summed E-state index contributed by atoms with van der Waals surface area (Å²) in [5, 5.41) is 4.36. The minimum Gasteiger partial charge on any atom is -0.474 e. The molecule has 1 fully saturated rings. The lowest BCUT2D eigenvalue weighted by Gasteiger charge is -2.31. The highest BCUT2D eigenvalue weighted by atomic mass is 32.1. The van der Waals surface area contributed by atoms with Gasteiger partial charge < -0.3 is 10.5 Å². The van der Waals surface area contributed by atoms with E-state index in [1.165, 1.54) is 6.42 Å². The van der Waals surface area contributed by atoms with Crippen molar-refractivity contribution in [1.29, 1.82) is 0 Å². The fourth-order valence-corrected chi connectivity index (χ4v) is 3.42. The maximum atomic E-state index is 6.17. The standard InChI is InChI=1S/C14H23N3OS/c1-8-5-9(2)7-11(6-8)18-14-12(13(15)19)10(3)16-17(14)4/h8-9,11H,5-7H2,1-4H3,(H2,15,19). The molecule has 0 saturated heterocycles. The molecule has 0 spiro atoms. The smallest absolute Gasteiger partial charge is 0.222 e. The highest BCUT2D eigenvalue weighted by Crippen LogP contribution is 2.32. The predicted octanol–water partition coefficient (Wildman–Crippen LogP) is 2.57. The predicted molar refractivity (Wildman–Crippen MR) is 80.4 cm³/mol. The maximum Gasteiger partial charge on any atom is 0.222 e. The molecule has 2 atom stereocenters. The molecule has 4 nitrogen and oxygen atoms in total. The number of aryl methyl sites for hydroxylation is 2. The second-order valence-corrected chi connectivity index (χ2v) is 6.35. The zero-order valence-corrected chi connectivity index (χ0v) is 13.0. The van der Waals surface area contributed by atoms with Gasteiger partial charge in [0.15, 0.2) is 0 Å². The van der Waals surface area contributed by atoms with E-state index in [9.17, 15) is 0 Å². The first-order chi connectivity index (χ1) is 8.88. The number of rotatable bonds is 3. The fourth-order valence-electron chi connectivity index (χ4n) is 3.18. The van der Waals surface area contributed by atoms with Gasteiger partial charge in [-0.15, -0.1) is 0 Å². The number of nitrogens with zero attached hydrogens (tertiary/aromatic N) is 2. The number of hydrogen-bond donors (Lipinski definition) is 1. The molecule has 0 radical (unpaired) electrons. The van der Waals surface area contributed by atoms with E-state index >= 15 is 0 Å². The van der Waals surface area contributed by atoms with E-state index in [1.807, 2.05) is 14.0 Å². The number of ether oxygens (including phenoxy) is 1. The Bertz CT molecular complexity index is 473. The van der Waals surface area contributed by atoms with Crippen molar-refractivity contribution in [2.45, 2.75) is 46.1 Å². The Kier molecular flexibility index (Phi) is 4.13. The van der Waals surface area contributed by atoms with Gasteiger partial charge >= 0.3 is 0 Å². The first kappa shape index (κ1) is 14.3. The van der Waals surface area contributed by atoms with E-state index in [-0.39, 0.29) is 6.10 Å². The van der Waals surface area contributed by atoms with Crippen molar-refractivity contribution in [3.63, 3.8) is 0 Å². The monoisotopic (exact) mass is 281 g/mol. The molecule has 5 heteroatoms. The summed E-state index contributed by atoms with van der Waals surface area (Å²) >= 11 is 5.11. The quantitative estimate of drug-likeness (QED) is 0.865. The second-order valence-electron chi connectivity index (χ2n) is 5.91. The molecule has 1 aliphatic carbocycles. The van der Waals surface area contributed by atoms with Gasteiger partial charge in [0.05, 0.1) is 11.3 Å². The van der Waals surface area contributed by atoms with Gasteiger partial charge in [0, 0.05) is 7.05 Å². The normalized spacial score (nSPS) is 27.3. The first-order valence-electron chi connectivity index (χ1n) is 6.88. The van der Waals surface area contributed by atoms with Crippen LogP contribution in [0.25, 0.3) is 0 Å². The Labute approximate surface area is 120 Å². The highest BCUT2D eigenvalue weighted by molar-refractivity contribution is 7.80. The number of aromatic nitrogens is 2. The van der Waals surface area contributed by atoms with Crippen LogP contribution in [0.4, 0.5) is 0 Å². The largest absolute Gasteiger partial charge is 0.474 e. The molecular weight excluding hydrogens is 258 g/mol. The molecule has 0 bridgehead atoms. The van der Waals surface area contributed by atoms with E-state index in [1.54, 1.807) is 4.68 Å². The summed E-state index contributed by atoms with van der Waals surface area (Å²) in [7, 11) is 1.87. The molecule has 0 amide bonds.